The number of ketones is 1. The molecule has 36 heavy (non-hydrogen) atoms. The predicted molar refractivity (Wildman–Crippen MR) is 151 cm³/mol. The first-order valence-corrected chi connectivity index (χ1v) is 13.4. The van der Waals surface area contributed by atoms with Crippen molar-refractivity contribution >= 4 is 66.7 Å². The second-order valence-corrected chi connectivity index (χ2v) is 10.9. The van der Waals surface area contributed by atoms with Crippen molar-refractivity contribution in [1.29, 1.82) is 0 Å². The molecule has 182 valence electrons. The van der Waals surface area contributed by atoms with Crippen LogP contribution in [-0.2, 0) is 9.59 Å². The maximum atomic E-state index is 13.4. The third-order valence-corrected chi connectivity index (χ3v) is 7.81. The number of aromatic nitrogens is 1. The van der Waals surface area contributed by atoms with Crippen LogP contribution in [0.3, 0.4) is 0 Å². The summed E-state index contributed by atoms with van der Waals surface area (Å²) in [6, 6.07) is 17.7. The number of hydrogen-bond acceptors (Lipinski definition) is 6. The molecule has 0 radical (unpaired) electrons. The summed E-state index contributed by atoms with van der Waals surface area (Å²) in [7, 11) is 0. The molecule has 4 aromatic rings. The van der Waals surface area contributed by atoms with E-state index < -0.39 is 17.7 Å². The highest BCUT2D eigenvalue weighted by Gasteiger charge is 2.48. The average Bonchev–Trinajstić information content (AvgIpc) is 3.38. The summed E-state index contributed by atoms with van der Waals surface area (Å²) < 4.78 is 7.45. The summed E-state index contributed by atoms with van der Waals surface area (Å²) in [5, 5.41) is 11.7. The normalized spacial score (nSPS) is 17.2. The lowest BCUT2D eigenvalue weighted by Gasteiger charge is -2.23. The molecule has 0 spiro atoms. The molecule has 1 atom stereocenters. The zero-order valence-corrected chi connectivity index (χ0v) is 22.9. The van der Waals surface area contributed by atoms with Crippen LogP contribution in [0.25, 0.3) is 16.0 Å². The number of Topliss-reactive ketones (excluding diaryl/α,β-unsaturated/α-hetero) is 1. The number of aliphatic hydroxyl groups is 1. The van der Waals surface area contributed by atoms with Gasteiger partial charge in [0, 0.05) is 9.13 Å². The monoisotopic (exact) mass is 610 g/mol. The highest BCUT2D eigenvalue weighted by Crippen LogP contribution is 2.44. The van der Waals surface area contributed by atoms with Gasteiger partial charge in [0.1, 0.15) is 11.5 Å². The maximum absolute atomic E-state index is 13.4. The predicted octanol–water partition coefficient (Wildman–Crippen LogP) is 6.54. The Kier molecular flexibility index (Phi) is 6.57. The summed E-state index contributed by atoms with van der Waals surface area (Å²) in [5.41, 5.74) is 4.09. The van der Waals surface area contributed by atoms with E-state index in [4.69, 9.17) is 9.72 Å². The minimum absolute atomic E-state index is 0.0394. The van der Waals surface area contributed by atoms with Crippen LogP contribution in [0.5, 0.6) is 5.75 Å². The number of thiazole rings is 1. The molecule has 8 heteroatoms. The molecule has 5 rings (SSSR count). The van der Waals surface area contributed by atoms with Crippen LogP contribution in [0.1, 0.15) is 35.2 Å². The number of fused-ring (bicyclic) bond motifs is 1. The molecule has 1 saturated heterocycles. The van der Waals surface area contributed by atoms with Crippen LogP contribution in [0.15, 0.2) is 66.2 Å². The van der Waals surface area contributed by atoms with Gasteiger partial charge in [0.2, 0.25) is 0 Å². The van der Waals surface area contributed by atoms with Gasteiger partial charge in [-0.25, -0.2) is 4.98 Å². The molecule has 1 fully saturated rings. The van der Waals surface area contributed by atoms with Gasteiger partial charge < -0.3 is 9.84 Å². The maximum Gasteiger partial charge on any atom is 0.301 e. The van der Waals surface area contributed by atoms with E-state index in [0.717, 1.165) is 24.9 Å². The lowest BCUT2D eigenvalue weighted by Crippen LogP contribution is -2.29. The van der Waals surface area contributed by atoms with Crippen molar-refractivity contribution in [2.45, 2.75) is 26.8 Å². The highest BCUT2D eigenvalue weighted by molar-refractivity contribution is 14.1. The number of amides is 1. The van der Waals surface area contributed by atoms with Gasteiger partial charge in [-0.05, 0) is 103 Å². The fourth-order valence-electron chi connectivity index (χ4n) is 4.48. The van der Waals surface area contributed by atoms with Crippen molar-refractivity contribution in [3.8, 4) is 5.75 Å². The summed E-state index contributed by atoms with van der Waals surface area (Å²) in [6.45, 7) is 6.40. The smallest absolute Gasteiger partial charge is 0.301 e. The number of halogens is 1. The Morgan fingerprint density at radius 3 is 2.44 bits per heavy atom. The Hall–Kier alpha value is -3.24. The van der Waals surface area contributed by atoms with Crippen LogP contribution >= 0.6 is 33.9 Å². The molecular weight excluding hydrogens is 587 g/mol. The van der Waals surface area contributed by atoms with E-state index in [1.54, 1.807) is 24.3 Å². The Labute approximate surface area is 226 Å². The van der Waals surface area contributed by atoms with Crippen LogP contribution in [0.4, 0.5) is 5.13 Å². The third-order valence-electron chi connectivity index (χ3n) is 6.09. The Morgan fingerprint density at radius 1 is 1.08 bits per heavy atom. The van der Waals surface area contributed by atoms with E-state index >= 15 is 0 Å². The molecule has 0 bridgehead atoms. The van der Waals surface area contributed by atoms with Gasteiger partial charge in [0.15, 0.2) is 5.13 Å². The van der Waals surface area contributed by atoms with Crippen molar-refractivity contribution in [1.82, 2.24) is 4.98 Å². The number of ether oxygens (including phenoxy) is 1. The second-order valence-electron chi connectivity index (χ2n) is 8.60. The average molecular weight is 610 g/mol. The standard InChI is InChI=1S/C28H23IN2O4S/c1-4-35-20-11-7-18(8-12-20)25(32)22-24(17-5-9-19(29)10-6-17)31(27(34)26(22)33)28-30-23-16(3)13-15(2)14-21(23)36-28/h5-14,24,32H,4H2,1-3H3/b25-22+. The van der Waals surface area contributed by atoms with Gasteiger partial charge in [-0.2, -0.15) is 0 Å². The van der Waals surface area contributed by atoms with E-state index in [-0.39, 0.29) is 11.3 Å². The number of aliphatic hydroxyl groups excluding tert-OH is 1. The van der Waals surface area contributed by atoms with Gasteiger partial charge >= 0.3 is 5.91 Å². The molecule has 1 amide bonds. The quantitative estimate of drug-likeness (QED) is 0.120. The third kappa shape index (κ3) is 4.28. The molecule has 1 N–H and O–H groups in total. The zero-order valence-electron chi connectivity index (χ0n) is 19.9. The SMILES string of the molecule is CCOc1ccc(/C(O)=C2\C(=O)C(=O)N(c3nc4c(C)cc(C)cc4s3)C2c2ccc(I)cc2)cc1. The molecule has 2 heterocycles. The molecule has 1 aliphatic heterocycles. The number of carbonyl (C=O) groups is 2. The molecule has 1 unspecified atom stereocenters. The molecule has 0 saturated carbocycles. The minimum Gasteiger partial charge on any atom is -0.507 e. The van der Waals surface area contributed by atoms with Crippen LogP contribution in [0, 0.1) is 17.4 Å². The van der Waals surface area contributed by atoms with Gasteiger partial charge in [-0.15, -0.1) is 0 Å². The summed E-state index contributed by atoms with van der Waals surface area (Å²) >= 11 is 3.57. The molecule has 1 aliphatic rings. The van der Waals surface area contributed by atoms with E-state index in [1.807, 2.05) is 57.2 Å². The Bertz CT molecular complexity index is 1520. The number of rotatable bonds is 5. The summed E-state index contributed by atoms with van der Waals surface area (Å²) in [5.74, 6) is -1.02. The molecule has 3 aromatic carbocycles. The van der Waals surface area contributed by atoms with Gasteiger partial charge in [0.25, 0.3) is 5.78 Å². The highest BCUT2D eigenvalue weighted by atomic mass is 127. The first-order valence-electron chi connectivity index (χ1n) is 11.5. The van der Waals surface area contributed by atoms with Crippen molar-refractivity contribution in [3.05, 3.63) is 92.1 Å². The number of aryl methyl sites for hydroxylation is 2. The van der Waals surface area contributed by atoms with Crippen molar-refractivity contribution in [2.24, 2.45) is 0 Å². The first kappa shape index (κ1) is 24.5. The van der Waals surface area contributed by atoms with Gasteiger partial charge in [0.05, 0.1) is 28.4 Å². The van der Waals surface area contributed by atoms with Gasteiger partial charge in [-0.1, -0.05) is 29.5 Å². The molecule has 0 aliphatic carbocycles. The first-order chi connectivity index (χ1) is 17.3. The van der Waals surface area contributed by atoms with Crippen molar-refractivity contribution in [3.63, 3.8) is 0 Å². The fourth-order valence-corrected chi connectivity index (χ4v) is 6.01. The summed E-state index contributed by atoms with van der Waals surface area (Å²) in [4.78, 5) is 33.0. The lowest BCUT2D eigenvalue weighted by molar-refractivity contribution is -0.132. The summed E-state index contributed by atoms with van der Waals surface area (Å²) in [6.07, 6.45) is 0. The van der Waals surface area contributed by atoms with Crippen molar-refractivity contribution < 1.29 is 19.4 Å². The van der Waals surface area contributed by atoms with E-state index in [2.05, 4.69) is 22.6 Å². The number of anilines is 1. The Balaban J connectivity index is 1.69. The molecule has 1 aromatic heterocycles. The molecular formula is C28H23IN2O4S. The number of carbonyl (C=O) groups excluding carboxylic acids is 2. The minimum atomic E-state index is -0.810. The van der Waals surface area contributed by atoms with Crippen molar-refractivity contribution in [2.75, 3.05) is 11.5 Å². The number of hydrogen-bond donors (Lipinski definition) is 1. The second kappa shape index (κ2) is 9.67. The zero-order chi connectivity index (χ0) is 25.6. The fraction of sp³-hybridized carbons (Fsp3) is 0.179. The van der Waals surface area contributed by atoms with Crippen LogP contribution in [-0.4, -0.2) is 28.4 Å². The topological polar surface area (TPSA) is 79.7 Å². The van der Waals surface area contributed by atoms with Crippen LogP contribution < -0.4 is 9.64 Å². The van der Waals surface area contributed by atoms with E-state index in [1.165, 1.54) is 16.2 Å². The van der Waals surface area contributed by atoms with Gasteiger partial charge in [-0.3, -0.25) is 14.5 Å². The van der Waals surface area contributed by atoms with E-state index in [9.17, 15) is 14.7 Å². The van der Waals surface area contributed by atoms with Crippen LogP contribution in [0.2, 0.25) is 0 Å². The number of nitrogens with zero attached hydrogens (tertiary/aromatic N) is 2. The molecule has 6 nitrogen and oxygen atoms in total. The Morgan fingerprint density at radius 2 is 1.78 bits per heavy atom. The lowest BCUT2D eigenvalue weighted by atomic mass is 9.95. The number of benzene rings is 3. The largest absolute Gasteiger partial charge is 0.507 e. The van der Waals surface area contributed by atoms with E-state index in [0.29, 0.717) is 28.6 Å².